The number of pyridine rings is 1. The van der Waals surface area contributed by atoms with Crippen molar-refractivity contribution < 1.29 is 0 Å². The van der Waals surface area contributed by atoms with Crippen LogP contribution < -0.4 is 0 Å². The van der Waals surface area contributed by atoms with E-state index in [-0.39, 0.29) is 0 Å². The summed E-state index contributed by atoms with van der Waals surface area (Å²) in [6.07, 6.45) is 7.34. The molecule has 2 aromatic rings. The molecule has 0 bridgehead atoms. The number of rotatable bonds is 5. The second-order valence-corrected chi connectivity index (χ2v) is 5.01. The van der Waals surface area contributed by atoms with Gasteiger partial charge in [0.25, 0.3) is 0 Å². The largest absolute Gasteiger partial charge is 0.263 e. The Balaban J connectivity index is 2.01. The molecule has 90 valence electrons. The van der Waals surface area contributed by atoms with Gasteiger partial charge in [-0.05, 0) is 40.4 Å². The van der Waals surface area contributed by atoms with Gasteiger partial charge in [-0.15, -0.1) is 16.7 Å². The molecule has 0 N–H and O–H groups in total. The fourth-order valence-corrected chi connectivity index (χ4v) is 2.05. The van der Waals surface area contributed by atoms with E-state index in [1.165, 1.54) is 0 Å². The molecular weight excluding hydrogens is 304 g/mol. The Bertz CT molecular complexity index is 486. The molecule has 17 heavy (non-hydrogen) atoms. The lowest BCUT2D eigenvalue weighted by Crippen LogP contribution is -2.00. The molecule has 6 heteroatoms. The normalized spacial score (nSPS) is 10.7. The van der Waals surface area contributed by atoms with Crippen LogP contribution in [0, 0.1) is 0 Å². The fourth-order valence-electron chi connectivity index (χ4n) is 1.51. The van der Waals surface area contributed by atoms with Crippen LogP contribution in [0.15, 0.2) is 29.1 Å². The van der Waals surface area contributed by atoms with Gasteiger partial charge < -0.3 is 0 Å². The fraction of sp³-hybridized carbons (Fsp3) is 0.364. The van der Waals surface area contributed by atoms with E-state index in [1.54, 1.807) is 6.20 Å². The Morgan fingerprint density at radius 1 is 1.35 bits per heavy atom. The summed E-state index contributed by atoms with van der Waals surface area (Å²) >= 11 is 9.03. The van der Waals surface area contributed by atoms with Gasteiger partial charge in [0.05, 0.1) is 12.2 Å². The van der Waals surface area contributed by atoms with Crippen molar-refractivity contribution in [1.82, 2.24) is 20.0 Å². The quantitative estimate of drug-likeness (QED) is 0.797. The van der Waals surface area contributed by atoms with Crippen LogP contribution in [0.1, 0.15) is 17.7 Å². The van der Waals surface area contributed by atoms with Crippen molar-refractivity contribution in [2.24, 2.45) is 0 Å². The van der Waals surface area contributed by atoms with Crippen LogP contribution in [-0.2, 0) is 13.0 Å². The van der Waals surface area contributed by atoms with Gasteiger partial charge in [-0.25, -0.2) is 4.68 Å². The number of nitrogens with zero attached hydrogens (tertiary/aromatic N) is 4. The van der Waals surface area contributed by atoms with Crippen LogP contribution in [-0.4, -0.2) is 25.9 Å². The zero-order chi connectivity index (χ0) is 12.1. The first-order valence-corrected chi connectivity index (χ1v) is 6.65. The second kappa shape index (κ2) is 6.12. The van der Waals surface area contributed by atoms with E-state index in [9.17, 15) is 0 Å². The van der Waals surface area contributed by atoms with Gasteiger partial charge in [-0.2, -0.15) is 0 Å². The van der Waals surface area contributed by atoms with E-state index < -0.39 is 0 Å². The topological polar surface area (TPSA) is 43.6 Å². The van der Waals surface area contributed by atoms with Crippen LogP contribution >= 0.6 is 27.5 Å². The summed E-state index contributed by atoms with van der Waals surface area (Å²) in [6, 6.07) is 2.02. The third-order valence-electron chi connectivity index (χ3n) is 2.26. The van der Waals surface area contributed by atoms with E-state index >= 15 is 0 Å². The molecule has 0 saturated heterocycles. The molecule has 0 aliphatic heterocycles. The molecule has 0 atom stereocenters. The molecule has 0 unspecified atom stereocenters. The van der Waals surface area contributed by atoms with Crippen molar-refractivity contribution in [3.05, 3.63) is 40.4 Å². The minimum Gasteiger partial charge on any atom is -0.263 e. The van der Waals surface area contributed by atoms with Crippen LogP contribution in [0.4, 0.5) is 0 Å². The minimum absolute atomic E-state index is 0.655. The third-order valence-corrected chi connectivity index (χ3v) is 2.96. The zero-order valence-electron chi connectivity index (χ0n) is 9.18. The third kappa shape index (κ3) is 3.78. The predicted octanol–water partition coefficient (Wildman–Crippen LogP) is 2.66. The molecule has 0 saturated carbocycles. The number of hydrogen-bond acceptors (Lipinski definition) is 3. The highest BCUT2D eigenvalue weighted by Gasteiger charge is 2.02. The summed E-state index contributed by atoms with van der Waals surface area (Å²) in [7, 11) is 0. The molecule has 0 aliphatic carbocycles. The standard InChI is InChI=1S/C11H12BrClN4/c12-10-4-9(5-14-6-10)7-17-8-11(15-16-17)2-1-3-13/h4-6,8H,1-3,7H2. The highest BCUT2D eigenvalue weighted by molar-refractivity contribution is 9.10. The summed E-state index contributed by atoms with van der Waals surface area (Å²) in [5, 5.41) is 8.17. The Morgan fingerprint density at radius 2 is 2.24 bits per heavy atom. The molecule has 0 amide bonds. The van der Waals surface area contributed by atoms with E-state index in [0.717, 1.165) is 28.6 Å². The summed E-state index contributed by atoms with van der Waals surface area (Å²) < 4.78 is 2.78. The second-order valence-electron chi connectivity index (χ2n) is 3.71. The highest BCUT2D eigenvalue weighted by Crippen LogP contribution is 2.10. The highest BCUT2D eigenvalue weighted by atomic mass is 79.9. The van der Waals surface area contributed by atoms with Crippen molar-refractivity contribution in [3.8, 4) is 0 Å². The van der Waals surface area contributed by atoms with Gasteiger partial charge in [0, 0.05) is 28.9 Å². The first-order chi connectivity index (χ1) is 8.28. The maximum absolute atomic E-state index is 5.64. The Kier molecular flexibility index (Phi) is 4.50. The van der Waals surface area contributed by atoms with Crippen LogP contribution in [0.2, 0.25) is 0 Å². The number of halogens is 2. The predicted molar refractivity (Wildman–Crippen MR) is 70.1 cm³/mol. The maximum Gasteiger partial charge on any atom is 0.0827 e. The lowest BCUT2D eigenvalue weighted by Gasteiger charge is -2.00. The Morgan fingerprint density at radius 3 is 3.00 bits per heavy atom. The first-order valence-electron chi connectivity index (χ1n) is 5.32. The number of aryl methyl sites for hydroxylation is 1. The maximum atomic E-state index is 5.64. The van der Waals surface area contributed by atoms with Gasteiger partial charge in [0.15, 0.2) is 0 Å². The van der Waals surface area contributed by atoms with Gasteiger partial charge in [-0.1, -0.05) is 5.21 Å². The summed E-state index contributed by atoms with van der Waals surface area (Å²) in [5.74, 6) is 0.655. The van der Waals surface area contributed by atoms with E-state index in [1.807, 2.05) is 23.1 Å². The summed E-state index contributed by atoms with van der Waals surface area (Å²) in [4.78, 5) is 4.11. The van der Waals surface area contributed by atoms with Gasteiger partial charge in [0.2, 0.25) is 0 Å². The van der Waals surface area contributed by atoms with Crippen LogP contribution in [0.25, 0.3) is 0 Å². The van der Waals surface area contributed by atoms with Crippen molar-refractivity contribution in [2.75, 3.05) is 5.88 Å². The summed E-state index contributed by atoms with van der Waals surface area (Å²) in [6.45, 7) is 0.681. The number of aromatic nitrogens is 4. The van der Waals surface area contributed by atoms with Crippen LogP contribution in [0.3, 0.4) is 0 Å². The molecule has 0 fully saturated rings. The lowest BCUT2D eigenvalue weighted by molar-refractivity contribution is 0.647. The first kappa shape index (κ1) is 12.5. The van der Waals surface area contributed by atoms with Gasteiger partial charge in [0.1, 0.15) is 0 Å². The molecule has 2 aromatic heterocycles. The number of alkyl halides is 1. The average molecular weight is 316 g/mol. The Hall–Kier alpha value is -0.940. The Labute approximate surface area is 113 Å². The lowest BCUT2D eigenvalue weighted by atomic mass is 10.2. The molecule has 4 nitrogen and oxygen atoms in total. The van der Waals surface area contributed by atoms with Crippen molar-refractivity contribution in [2.45, 2.75) is 19.4 Å². The van der Waals surface area contributed by atoms with Crippen molar-refractivity contribution in [1.29, 1.82) is 0 Å². The van der Waals surface area contributed by atoms with Crippen molar-refractivity contribution in [3.63, 3.8) is 0 Å². The molecule has 0 radical (unpaired) electrons. The smallest absolute Gasteiger partial charge is 0.0827 e. The zero-order valence-corrected chi connectivity index (χ0v) is 11.5. The van der Waals surface area contributed by atoms with Crippen molar-refractivity contribution >= 4 is 27.5 Å². The van der Waals surface area contributed by atoms with E-state index in [0.29, 0.717) is 12.4 Å². The number of hydrogen-bond donors (Lipinski definition) is 0. The van der Waals surface area contributed by atoms with Gasteiger partial charge >= 0.3 is 0 Å². The molecule has 0 aromatic carbocycles. The molecule has 2 rings (SSSR count). The summed E-state index contributed by atoms with van der Waals surface area (Å²) in [5.41, 5.74) is 2.07. The minimum atomic E-state index is 0.655. The SMILES string of the molecule is ClCCCc1cn(Cc2cncc(Br)c2)nn1. The molecular formula is C11H12BrClN4. The van der Waals surface area contributed by atoms with E-state index in [2.05, 4.69) is 31.2 Å². The van der Waals surface area contributed by atoms with E-state index in [4.69, 9.17) is 11.6 Å². The molecule has 0 spiro atoms. The molecule has 0 aliphatic rings. The van der Waals surface area contributed by atoms with Gasteiger partial charge in [-0.3, -0.25) is 4.98 Å². The van der Waals surface area contributed by atoms with Crippen LogP contribution in [0.5, 0.6) is 0 Å². The average Bonchev–Trinajstić information content (AvgIpc) is 2.74. The monoisotopic (exact) mass is 314 g/mol. The molecule has 2 heterocycles.